The minimum absolute atomic E-state index is 0.0828. The Bertz CT molecular complexity index is 649. The molecule has 0 N–H and O–H groups in total. The van der Waals surface area contributed by atoms with Crippen LogP contribution in [0.25, 0.3) is 0 Å². The summed E-state index contributed by atoms with van der Waals surface area (Å²) in [4.78, 5) is 9.11. The first-order valence-corrected chi connectivity index (χ1v) is 7.79. The van der Waals surface area contributed by atoms with Crippen LogP contribution >= 0.6 is 0 Å². The molecule has 0 bridgehead atoms. The van der Waals surface area contributed by atoms with Crippen molar-refractivity contribution in [2.75, 3.05) is 14.2 Å². The minimum atomic E-state index is -0.0976. The van der Waals surface area contributed by atoms with Crippen LogP contribution in [0.4, 0.5) is 0 Å². The van der Waals surface area contributed by atoms with Crippen molar-refractivity contribution in [2.45, 2.75) is 44.9 Å². The molecule has 4 heteroatoms. The molecule has 0 unspecified atom stereocenters. The highest BCUT2D eigenvalue weighted by Gasteiger charge is 2.33. The Hall–Kier alpha value is -2.10. The van der Waals surface area contributed by atoms with E-state index in [0.717, 1.165) is 29.3 Å². The molecule has 0 aliphatic rings. The first-order chi connectivity index (χ1) is 10.8. The number of pyridine rings is 2. The van der Waals surface area contributed by atoms with Crippen LogP contribution in [-0.2, 0) is 10.8 Å². The molecule has 2 aromatic rings. The lowest BCUT2D eigenvalue weighted by Gasteiger charge is -2.34. The van der Waals surface area contributed by atoms with E-state index < -0.39 is 0 Å². The molecule has 4 nitrogen and oxygen atoms in total. The van der Waals surface area contributed by atoms with Crippen LogP contribution in [0.5, 0.6) is 11.5 Å². The fourth-order valence-electron chi connectivity index (χ4n) is 3.10. The van der Waals surface area contributed by atoms with Crippen molar-refractivity contribution in [3.63, 3.8) is 0 Å². The predicted molar refractivity (Wildman–Crippen MR) is 92.2 cm³/mol. The molecule has 23 heavy (non-hydrogen) atoms. The van der Waals surface area contributed by atoms with E-state index in [9.17, 15) is 0 Å². The van der Waals surface area contributed by atoms with E-state index in [4.69, 9.17) is 9.47 Å². The van der Waals surface area contributed by atoms with Crippen molar-refractivity contribution in [1.29, 1.82) is 0 Å². The Kier molecular flexibility index (Phi) is 4.93. The van der Waals surface area contributed by atoms with Gasteiger partial charge in [-0.05, 0) is 24.6 Å². The molecular weight excluding hydrogens is 288 g/mol. The number of nitrogens with zero attached hydrogens (tertiary/aromatic N) is 2. The van der Waals surface area contributed by atoms with E-state index in [1.165, 1.54) is 0 Å². The molecule has 0 fully saturated rings. The number of methoxy groups -OCH3 is 2. The average Bonchev–Trinajstić information content (AvgIpc) is 2.54. The van der Waals surface area contributed by atoms with Crippen molar-refractivity contribution in [2.24, 2.45) is 0 Å². The summed E-state index contributed by atoms with van der Waals surface area (Å²) in [6.45, 7) is 8.84. The van der Waals surface area contributed by atoms with Gasteiger partial charge in [-0.3, -0.25) is 9.97 Å². The Morgan fingerprint density at radius 1 is 0.826 bits per heavy atom. The third-order valence-electron chi connectivity index (χ3n) is 4.21. The fourth-order valence-corrected chi connectivity index (χ4v) is 3.10. The average molecular weight is 314 g/mol. The lowest BCUT2D eigenvalue weighted by Crippen LogP contribution is -2.31. The normalized spacial score (nSPS) is 12.1. The predicted octanol–water partition coefficient (Wildman–Crippen LogP) is 4.14. The lowest BCUT2D eigenvalue weighted by atomic mass is 9.71. The second-order valence-corrected chi connectivity index (χ2v) is 7.11. The molecule has 2 rings (SSSR count). The van der Waals surface area contributed by atoms with E-state index in [1.54, 1.807) is 26.6 Å². The Labute approximate surface area is 138 Å². The summed E-state index contributed by atoms with van der Waals surface area (Å²) >= 11 is 0. The monoisotopic (exact) mass is 314 g/mol. The van der Waals surface area contributed by atoms with Gasteiger partial charge in [-0.1, -0.05) is 27.7 Å². The first kappa shape index (κ1) is 17.3. The molecule has 0 aromatic carbocycles. The van der Waals surface area contributed by atoms with Gasteiger partial charge in [-0.25, -0.2) is 0 Å². The van der Waals surface area contributed by atoms with Crippen LogP contribution in [0.1, 0.15) is 45.5 Å². The van der Waals surface area contributed by atoms with Gasteiger partial charge in [-0.15, -0.1) is 0 Å². The summed E-state index contributed by atoms with van der Waals surface area (Å²) in [5.41, 5.74) is 1.90. The topological polar surface area (TPSA) is 44.2 Å². The summed E-state index contributed by atoms with van der Waals surface area (Å²) in [6, 6.07) is 7.88. The summed E-state index contributed by atoms with van der Waals surface area (Å²) in [5.74, 6) is 1.61. The fraction of sp³-hybridized carbons (Fsp3) is 0.474. The molecule has 124 valence electrons. The lowest BCUT2D eigenvalue weighted by molar-refractivity contribution is 0.333. The Balaban J connectivity index is 2.25. The highest BCUT2D eigenvalue weighted by molar-refractivity contribution is 5.29. The van der Waals surface area contributed by atoms with Gasteiger partial charge in [0.05, 0.1) is 20.4 Å². The number of ether oxygens (including phenoxy) is 2. The number of hydrogen-bond donors (Lipinski definition) is 0. The highest BCUT2D eigenvalue weighted by atomic mass is 16.5. The van der Waals surface area contributed by atoms with E-state index in [-0.39, 0.29) is 10.8 Å². The van der Waals surface area contributed by atoms with Crippen molar-refractivity contribution < 1.29 is 9.47 Å². The zero-order chi connectivity index (χ0) is 17.1. The maximum atomic E-state index is 5.32. The molecule has 0 spiro atoms. The van der Waals surface area contributed by atoms with E-state index in [1.807, 2.05) is 24.3 Å². The van der Waals surface area contributed by atoms with Crippen LogP contribution in [0.3, 0.4) is 0 Å². The number of hydrogen-bond acceptors (Lipinski definition) is 4. The van der Waals surface area contributed by atoms with E-state index in [2.05, 4.69) is 37.7 Å². The van der Waals surface area contributed by atoms with Crippen LogP contribution in [0.15, 0.2) is 36.7 Å². The van der Waals surface area contributed by atoms with Gasteiger partial charge in [0, 0.05) is 34.5 Å². The molecular formula is C19H26N2O2. The zero-order valence-electron chi connectivity index (χ0n) is 14.9. The molecule has 0 amide bonds. The van der Waals surface area contributed by atoms with Gasteiger partial charge >= 0.3 is 0 Å². The van der Waals surface area contributed by atoms with Crippen molar-refractivity contribution in [3.05, 3.63) is 48.0 Å². The van der Waals surface area contributed by atoms with Crippen LogP contribution in [0.2, 0.25) is 0 Å². The van der Waals surface area contributed by atoms with Crippen molar-refractivity contribution >= 4 is 0 Å². The highest BCUT2D eigenvalue weighted by Crippen LogP contribution is 2.38. The molecule has 0 atom stereocenters. The van der Waals surface area contributed by atoms with Gasteiger partial charge in [-0.2, -0.15) is 0 Å². The van der Waals surface area contributed by atoms with Gasteiger partial charge in [0.2, 0.25) is 0 Å². The molecule has 0 radical (unpaired) electrons. The van der Waals surface area contributed by atoms with E-state index in [0.29, 0.717) is 0 Å². The van der Waals surface area contributed by atoms with Crippen molar-refractivity contribution in [3.8, 4) is 11.5 Å². The quantitative estimate of drug-likeness (QED) is 0.804. The second kappa shape index (κ2) is 6.57. The van der Waals surface area contributed by atoms with Crippen LogP contribution in [0, 0.1) is 0 Å². The van der Waals surface area contributed by atoms with Gasteiger partial charge in [0.25, 0.3) is 0 Å². The molecule has 0 aliphatic carbocycles. The number of aromatic nitrogens is 2. The standard InChI is InChI=1S/C19H26N2O2/c1-18(2,16-8-7-15(23-6)12-21-16)13-19(3,4)17-11-14(22-5)9-10-20-17/h7-12H,13H2,1-6H3. The van der Waals surface area contributed by atoms with Gasteiger partial charge in [0.15, 0.2) is 0 Å². The molecule has 0 saturated carbocycles. The SMILES string of the molecule is COc1ccc(C(C)(C)CC(C)(C)c2cc(OC)ccn2)nc1. The number of rotatable bonds is 6. The second-order valence-electron chi connectivity index (χ2n) is 7.11. The summed E-state index contributed by atoms with van der Waals surface area (Å²) < 4.78 is 10.5. The summed E-state index contributed by atoms with van der Waals surface area (Å²) in [6.07, 6.45) is 4.49. The van der Waals surface area contributed by atoms with Crippen molar-refractivity contribution in [1.82, 2.24) is 9.97 Å². The Morgan fingerprint density at radius 3 is 2.04 bits per heavy atom. The van der Waals surface area contributed by atoms with Gasteiger partial charge < -0.3 is 9.47 Å². The smallest absolute Gasteiger partial charge is 0.137 e. The maximum Gasteiger partial charge on any atom is 0.137 e. The van der Waals surface area contributed by atoms with E-state index >= 15 is 0 Å². The summed E-state index contributed by atoms with van der Waals surface area (Å²) in [7, 11) is 3.33. The minimum Gasteiger partial charge on any atom is -0.497 e. The zero-order valence-corrected chi connectivity index (χ0v) is 14.9. The van der Waals surface area contributed by atoms with Crippen LogP contribution < -0.4 is 9.47 Å². The molecule has 0 aliphatic heterocycles. The first-order valence-electron chi connectivity index (χ1n) is 7.79. The van der Waals surface area contributed by atoms with Gasteiger partial charge in [0.1, 0.15) is 11.5 Å². The summed E-state index contributed by atoms with van der Waals surface area (Å²) in [5, 5.41) is 0. The molecule has 0 saturated heterocycles. The molecule has 2 aromatic heterocycles. The molecule has 2 heterocycles. The van der Waals surface area contributed by atoms with Crippen LogP contribution in [-0.4, -0.2) is 24.2 Å². The maximum absolute atomic E-state index is 5.32. The third kappa shape index (κ3) is 4.01. The third-order valence-corrected chi connectivity index (χ3v) is 4.21. The Morgan fingerprint density at radius 2 is 1.48 bits per heavy atom. The largest absolute Gasteiger partial charge is 0.497 e.